The fraction of sp³-hybridized carbons (Fsp3) is 0.294. The van der Waals surface area contributed by atoms with Gasteiger partial charge in [-0.25, -0.2) is 0 Å². The maximum atomic E-state index is 6.16. The highest BCUT2D eigenvalue weighted by atomic mass is 16.5. The monoisotopic (exact) mass is 269 g/mol. The molecule has 1 aliphatic carbocycles. The number of ether oxygens (including phenoxy) is 2. The van der Waals surface area contributed by atoms with E-state index in [0.29, 0.717) is 0 Å². The molecule has 0 aromatic heterocycles. The van der Waals surface area contributed by atoms with Crippen LogP contribution in [0, 0.1) is 0 Å². The van der Waals surface area contributed by atoms with Crippen LogP contribution < -0.4 is 14.8 Å². The number of methoxy groups -OCH3 is 1. The molecule has 0 radical (unpaired) electrons. The van der Waals surface area contributed by atoms with E-state index >= 15 is 0 Å². The van der Waals surface area contributed by atoms with Crippen molar-refractivity contribution in [3.8, 4) is 11.5 Å². The second kappa shape index (κ2) is 5.55. The molecule has 2 aromatic carbocycles. The van der Waals surface area contributed by atoms with Gasteiger partial charge in [-0.1, -0.05) is 30.3 Å². The minimum atomic E-state index is 0.115. The summed E-state index contributed by atoms with van der Waals surface area (Å²) in [5.41, 5.74) is 2.70. The summed E-state index contributed by atoms with van der Waals surface area (Å²) in [7, 11) is 3.65. The molecule has 2 atom stereocenters. The van der Waals surface area contributed by atoms with Crippen molar-refractivity contribution in [1.29, 1.82) is 0 Å². The largest absolute Gasteiger partial charge is 0.497 e. The Balaban J connectivity index is 1.81. The molecule has 1 N–H and O–H groups in total. The second-order valence-corrected chi connectivity index (χ2v) is 5.00. The van der Waals surface area contributed by atoms with Gasteiger partial charge in [-0.3, -0.25) is 0 Å². The SMILES string of the molecule is CNC1c2ccccc2CC1Oc1cccc(OC)c1. The van der Waals surface area contributed by atoms with E-state index in [0.717, 1.165) is 17.9 Å². The molecule has 3 nitrogen and oxygen atoms in total. The normalized spacial score (nSPS) is 20.5. The average molecular weight is 269 g/mol. The molecule has 3 rings (SSSR count). The molecule has 3 heteroatoms. The van der Waals surface area contributed by atoms with E-state index in [2.05, 4.69) is 29.6 Å². The van der Waals surface area contributed by atoms with Gasteiger partial charge in [-0.05, 0) is 30.3 Å². The van der Waals surface area contributed by atoms with E-state index in [9.17, 15) is 0 Å². The lowest BCUT2D eigenvalue weighted by Crippen LogP contribution is -2.30. The maximum Gasteiger partial charge on any atom is 0.123 e. The predicted molar refractivity (Wildman–Crippen MR) is 79.4 cm³/mol. The van der Waals surface area contributed by atoms with Crippen LogP contribution in [0.15, 0.2) is 48.5 Å². The first-order valence-electron chi connectivity index (χ1n) is 6.87. The molecule has 20 heavy (non-hydrogen) atoms. The van der Waals surface area contributed by atoms with Gasteiger partial charge in [0, 0.05) is 12.5 Å². The molecule has 1 aliphatic rings. The Morgan fingerprint density at radius 1 is 1.05 bits per heavy atom. The first-order valence-corrected chi connectivity index (χ1v) is 6.87. The van der Waals surface area contributed by atoms with Gasteiger partial charge in [0.15, 0.2) is 0 Å². The van der Waals surface area contributed by atoms with Gasteiger partial charge in [-0.2, -0.15) is 0 Å². The zero-order valence-electron chi connectivity index (χ0n) is 11.8. The van der Waals surface area contributed by atoms with Crippen LogP contribution in [-0.4, -0.2) is 20.3 Å². The molecule has 0 fully saturated rings. The Bertz CT molecular complexity index is 597. The number of fused-ring (bicyclic) bond motifs is 1. The zero-order chi connectivity index (χ0) is 13.9. The first-order chi connectivity index (χ1) is 9.81. The number of hydrogen-bond donors (Lipinski definition) is 1. The topological polar surface area (TPSA) is 30.5 Å². The fourth-order valence-electron chi connectivity index (χ4n) is 2.86. The molecule has 0 saturated carbocycles. The van der Waals surface area contributed by atoms with Crippen LogP contribution in [0.25, 0.3) is 0 Å². The van der Waals surface area contributed by atoms with Crippen LogP contribution in [0.5, 0.6) is 11.5 Å². The molecular weight excluding hydrogens is 250 g/mol. The van der Waals surface area contributed by atoms with E-state index in [1.807, 2.05) is 31.3 Å². The van der Waals surface area contributed by atoms with Crippen LogP contribution >= 0.6 is 0 Å². The quantitative estimate of drug-likeness (QED) is 0.925. The highest BCUT2D eigenvalue weighted by molar-refractivity contribution is 5.38. The third-order valence-corrected chi connectivity index (χ3v) is 3.82. The lowest BCUT2D eigenvalue weighted by molar-refractivity contribution is 0.170. The third-order valence-electron chi connectivity index (χ3n) is 3.82. The lowest BCUT2D eigenvalue weighted by Gasteiger charge is -2.21. The molecule has 0 spiro atoms. The lowest BCUT2D eigenvalue weighted by atomic mass is 10.1. The highest BCUT2D eigenvalue weighted by Crippen LogP contribution is 2.34. The Labute approximate surface area is 119 Å². The van der Waals surface area contributed by atoms with Crippen molar-refractivity contribution >= 4 is 0 Å². The third kappa shape index (κ3) is 2.37. The second-order valence-electron chi connectivity index (χ2n) is 5.00. The molecule has 104 valence electrons. The van der Waals surface area contributed by atoms with Gasteiger partial charge < -0.3 is 14.8 Å². The minimum Gasteiger partial charge on any atom is -0.497 e. The number of likely N-dealkylation sites (N-methyl/N-ethyl adjacent to an activating group) is 1. The van der Waals surface area contributed by atoms with Crippen LogP contribution in [0.1, 0.15) is 17.2 Å². The molecular formula is C17H19NO2. The van der Waals surface area contributed by atoms with Crippen molar-refractivity contribution in [2.75, 3.05) is 14.2 Å². The van der Waals surface area contributed by atoms with Crippen molar-refractivity contribution in [1.82, 2.24) is 5.32 Å². The van der Waals surface area contributed by atoms with Crippen molar-refractivity contribution < 1.29 is 9.47 Å². The summed E-state index contributed by atoms with van der Waals surface area (Å²) in [6.07, 6.45) is 1.04. The Kier molecular flexibility index (Phi) is 3.61. The van der Waals surface area contributed by atoms with Crippen molar-refractivity contribution in [3.63, 3.8) is 0 Å². The van der Waals surface area contributed by atoms with Crippen LogP contribution in [0.4, 0.5) is 0 Å². The fourth-order valence-corrected chi connectivity index (χ4v) is 2.86. The minimum absolute atomic E-state index is 0.115. The molecule has 0 heterocycles. The number of benzene rings is 2. The van der Waals surface area contributed by atoms with Crippen LogP contribution in [0.3, 0.4) is 0 Å². The van der Waals surface area contributed by atoms with E-state index in [4.69, 9.17) is 9.47 Å². The van der Waals surface area contributed by atoms with Gasteiger partial charge >= 0.3 is 0 Å². The smallest absolute Gasteiger partial charge is 0.123 e. The predicted octanol–water partition coefficient (Wildman–Crippen LogP) is 2.96. The molecule has 0 amide bonds. The van der Waals surface area contributed by atoms with Gasteiger partial charge in [0.25, 0.3) is 0 Å². The summed E-state index contributed by atoms with van der Waals surface area (Å²) in [5.74, 6) is 1.67. The van der Waals surface area contributed by atoms with E-state index in [1.165, 1.54) is 11.1 Å². The van der Waals surface area contributed by atoms with Gasteiger partial charge in [0.1, 0.15) is 17.6 Å². The van der Waals surface area contributed by atoms with Gasteiger partial charge in [0.2, 0.25) is 0 Å². The van der Waals surface area contributed by atoms with Gasteiger partial charge in [-0.15, -0.1) is 0 Å². The van der Waals surface area contributed by atoms with Crippen molar-refractivity contribution in [2.45, 2.75) is 18.6 Å². The Morgan fingerprint density at radius 2 is 1.85 bits per heavy atom. The molecule has 0 bridgehead atoms. The number of rotatable bonds is 4. The van der Waals surface area contributed by atoms with E-state index in [-0.39, 0.29) is 12.1 Å². The van der Waals surface area contributed by atoms with Crippen molar-refractivity contribution in [3.05, 3.63) is 59.7 Å². The summed E-state index contributed by atoms with van der Waals surface area (Å²) in [5, 5.41) is 3.36. The molecule has 2 aromatic rings. The van der Waals surface area contributed by atoms with Crippen LogP contribution in [-0.2, 0) is 6.42 Å². The number of hydrogen-bond acceptors (Lipinski definition) is 3. The molecule has 0 saturated heterocycles. The summed E-state index contributed by atoms with van der Waals surface area (Å²) in [6, 6.07) is 16.5. The molecule has 2 unspecified atom stereocenters. The average Bonchev–Trinajstić information content (AvgIpc) is 2.84. The zero-order valence-corrected chi connectivity index (χ0v) is 11.8. The van der Waals surface area contributed by atoms with Crippen LogP contribution in [0.2, 0.25) is 0 Å². The first kappa shape index (κ1) is 13.0. The summed E-state index contributed by atoms with van der Waals surface area (Å²) in [4.78, 5) is 0. The van der Waals surface area contributed by atoms with Gasteiger partial charge in [0.05, 0.1) is 13.2 Å². The maximum absolute atomic E-state index is 6.16. The standard InChI is InChI=1S/C17H19NO2/c1-18-17-15-9-4-3-6-12(15)10-16(17)20-14-8-5-7-13(11-14)19-2/h3-9,11,16-18H,10H2,1-2H3. The van der Waals surface area contributed by atoms with E-state index in [1.54, 1.807) is 7.11 Å². The Morgan fingerprint density at radius 3 is 2.65 bits per heavy atom. The van der Waals surface area contributed by atoms with Crippen molar-refractivity contribution in [2.24, 2.45) is 0 Å². The van der Waals surface area contributed by atoms with E-state index < -0.39 is 0 Å². The molecule has 0 aliphatic heterocycles. The summed E-state index contributed by atoms with van der Waals surface area (Å²) < 4.78 is 11.4. The summed E-state index contributed by atoms with van der Waals surface area (Å²) >= 11 is 0. The highest BCUT2D eigenvalue weighted by Gasteiger charge is 2.32. The number of nitrogens with one attached hydrogen (secondary N) is 1. The Hall–Kier alpha value is -2.00. The summed E-state index contributed by atoms with van der Waals surface area (Å²) in [6.45, 7) is 0.